The van der Waals surface area contributed by atoms with Gasteiger partial charge in [0.05, 0.1) is 0 Å². The first-order valence-electron chi connectivity index (χ1n) is 5.33. The van der Waals surface area contributed by atoms with Crippen molar-refractivity contribution in [2.75, 3.05) is 17.3 Å². The standard InChI is InChI=1S/C12H13N3O3/c1-8-7-11(14-18-8)13-12(17)15(2)9-3-5-10(16)6-4-9/h3-7,16H,1-2H3,(H,13,14,17). The average Bonchev–Trinajstić information content (AvgIpc) is 2.75. The lowest BCUT2D eigenvalue weighted by atomic mass is 10.3. The molecular formula is C12H13N3O3. The van der Waals surface area contributed by atoms with Crippen LogP contribution < -0.4 is 10.2 Å². The first-order chi connectivity index (χ1) is 8.56. The summed E-state index contributed by atoms with van der Waals surface area (Å²) in [5, 5.41) is 15.4. The second-order valence-corrected chi connectivity index (χ2v) is 3.83. The van der Waals surface area contributed by atoms with Crippen molar-refractivity contribution in [1.29, 1.82) is 0 Å². The Balaban J connectivity index is 2.07. The fourth-order valence-corrected chi connectivity index (χ4v) is 1.41. The van der Waals surface area contributed by atoms with E-state index >= 15 is 0 Å². The molecule has 0 aliphatic rings. The van der Waals surface area contributed by atoms with Crippen LogP contribution >= 0.6 is 0 Å². The fourth-order valence-electron chi connectivity index (χ4n) is 1.41. The van der Waals surface area contributed by atoms with Crippen molar-refractivity contribution < 1.29 is 14.4 Å². The van der Waals surface area contributed by atoms with E-state index < -0.39 is 0 Å². The van der Waals surface area contributed by atoms with Crippen LogP contribution in [0.25, 0.3) is 0 Å². The van der Waals surface area contributed by atoms with Gasteiger partial charge in [-0.2, -0.15) is 0 Å². The van der Waals surface area contributed by atoms with Gasteiger partial charge < -0.3 is 9.63 Å². The van der Waals surface area contributed by atoms with Gasteiger partial charge in [-0.3, -0.25) is 10.2 Å². The Hall–Kier alpha value is -2.50. The number of hydrogen-bond acceptors (Lipinski definition) is 4. The molecule has 0 saturated carbocycles. The number of rotatable bonds is 2. The zero-order valence-corrected chi connectivity index (χ0v) is 10.0. The molecule has 1 aromatic heterocycles. The summed E-state index contributed by atoms with van der Waals surface area (Å²) in [6.07, 6.45) is 0. The summed E-state index contributed by atoms with van der Waals surface area (Å²) in [4.78, 5) is 13.3. The zero-order chi connectivity index (χ0) is 13.1. The Bertz CT molecular complexity index is 548. The normalized spacial score (nSPS) is 10.1. The van der Waals surface area contributed by atoms with Crippen LogP contribution in [0.15, 0.2) is 34.9 Å². The van der Waals surface area contributed by atoms with Gasteiger partial charge in [0, 0.05) is 18.8 Å². The minimum Gasteiger partial charge on any atom is -0.508 e. The van der Waals surface area contributed by atoms with E-state index in [0.717, 1.165) is 0 Å². The molecular weight excluding hydrogens is 234 g/mol. The summed E-state index contributed by atoms with van der Waals surface area (Å²) in [6.45, 7) is 1.74. The summed E-state index contributed by atoms with van der Waals surface area (Å²) >= 11 is 0. The predicted octanol–water partition coefficient (Wildman–Crippen LogP) is 2.36. The SMILES string of the molecule is Cc1cc(NC(=O)N(C)c2ccc(O)cc2)no1. The molecule has 2 N–H and O–H groups in total. The topological polar surface area (TPSA) is 78.6 Å². The van der Waals surface area contributed by atoms with Crippen LogP contribution in [0.5, 0.6) is 5.75 Å². The van der Waals surface area contributed by atoms with Gasteiger partial charge in [-0.15, -0.1) is 0 Å². The highest BCUT2D eigenvalue weighted by atomic mass is 16.5. The second kappa shape index (κ2) is 4.79. The molecule has 0 saturated heterocycles. The molecule has 0 radical (unpaired) electrons. The number of nitrogens with zero attached hydrogens (tertiary/aromatic N) is 2. The van der Waals surface area contributed by atoms with Gasteiger partial charge in [0.2, 0.25) is 0 Å². The summed E-state index contributed by atoms with van der Waals surface area (Å²) < 4.78 is 4.85. The van der Waals surface area contributed by atoms with Crippen LogP contribution in [0.3, 0.4) is 0 Å². The summed E-state index contributed by atoms with van der Waals surface area (Å²) in [7, 11) is 1.62. The highest BCUT2D eigenvalue weighted by molar-refractivity contribution is 6.00. The number of aromatic nitrogens is 1. The van der Waals surface area contributed by atoms with E-state index in [1.807, 2.05) is 0 Å². The average molecular weight is 247 g/mol. The molecule has 2 rings (SSSR count). The van der Waals surface area contributed by atoms with E-state index in [9.17, 15) is 9.90 Å². The molecule has 18 heavy (non-hydrogen) atoms. The fraction of sp³-hybridized carbons (Fsp3) is 0.167. The lowest BCUT2D eigenvalue weighted by Gasteiger charge is -2.16. The Morgan fingerprint density at radius 2 is 2.06 bits per heavy atom. The summed E-state index contributed by atoms with van der Waals surface area (Å²) in [6, 6.07) is 7.60. The number of urea groups is 1. The van der Waals surface area contributed by atoms with Crippen LogP contribution in [0.1, 0.15) is 5.76 Å². The van der Waals surface area contributed by atoms with E-state index in [-0.39, 0.29) is 11.8 Å². The van der Waals surface area contributed by atoms with Crippen molar-refractivity contribution >= 4 is 17.5 Å². The predicted molar refractivity (Wildman–Crippen MR) is 66.8 cm³/mol. The quantitative estimate of drug-likeness (QED) is 0.853. The molecule has 6 nitrogen and oxygen atoms in total. The molecule has 1 aromatic carbocycles. The Morgan fingerprint density at radius 3 is 2.61 bits per heavy atom. The summed E-state index contributed by atoms with van der Waals surface area (Å²) in [5.74, 6) is 1.14. The van der Waals surface area contributed by atoms with Crippen molar-refractivity contribution in [3.63, 3.8) is 0 Å². The van der Waals surface area contributed by atoms with E-state index in [1.54, 1.807) is 32.2 Å². The lowest BCUT2D eigenvalue weighted by molar-refractivity contribution is 0.257. The van der Waals surface area contributed by atoms with Crippen molar-refractivity contribution in [2.24, 2.45) is 0 Å². The number of carbonyl (C=O) groups excluding carboxylic acids is 1. The number of benzene rings is 1. The molecule has 0 aliphatic heterocycles. The monoisotopic (exact) mass is 247 g/mol. The van der Waals surface area contributed by atoms with Gasteiger partial charge in [-0.1, -0.05) is 5.16 Å². The number of aryl methyl sites for hydroxylation is 1. The molecule has 2 aromatic rings. The Kier molecular flexibility index (Phi) is 3.18. The maximum absolute atomic E-state index is 11.9. The van der Waals surface area contributed by atoms with Crippen LogP contribution in [-0.4, -0.2) is 23.3 Å². The number of aromatic hydroxyl groups is 1. The zero-order valence-electron chi connectivity index (χ0n) is 10.0. The Morgan fingerprint density at radius 1 is 1.39 bits per heavy atom. The van der Waals surface area contributed by atoms with E-state index in [0.29, 0.717) is 17.3 Å². The smallest absolute Gasteiger partial charge is 0.327 e. The summed E-state index contributed by atoms with van der Waals surface area (Å²) in [5.41, 5.74) is 0.658. The third-order valence-corrected chi connectivity index (χ3v) is 2.40. The highest BCUT2D eigenvalue weighted by Gasteiger charge is 2.12. The van der Waals surface area contributed by atoms with Gasteiger partial charge in [-0.05, 0) is 31.2 Å². The number of hydrogen-bond donors (Lipinski definition) is 2. The van der Waals surface area contributed by atoms with Crippen molar-refractivity contribution in [1.82, 2.24) is 5.16 Å². The number of anilines is 2. The highest BCUT2D eigenvalue weighted by Crippen LogP contribution is 2.18. The molecule has 0 unspecified atom stereocenters. The third kappa shape index (κ3) is 2.60. The molecule has 0 atom stereocenters. The number of phenols is 1. The molecule has 94 valence electrons. The van der Waals surface area contributed by atoms with Gasteiger partial charge in [0.25, 0.3) is 0 Å². The number of carbonyl (C=O) groups is 1. The van der Waals surface area contributed by atoms with Crippen LogP contribution in [-0.2, 0) is 0 Å². The Labute approximate surface area is 104 Å². The molecule has 1 heterocycles. The van der Waals surface area contributed by atoms with Crippen LogP contribution in [0.4, 0.5) is 16.3 Å². The van der Waals surface area contributed by atoms with E-state index in [2.05, 4.69) is 10.5 Å². The van der Waals surface area contributed by atoms with Crippen molar-refractivity contribution in [3.05, 3.63) is 36.1 Å². The molecule has 0 aliphatic carbocycles. The van der Waals surface area contributed by atoms with Crippen molar-refractivity contribution in [3.8, 4) is 5.75 Å². The van der Waals surface area contributed by atoms with Crippen LogP contribution in [0.2, 0.25) is 0 Å². The molecule has 0 bridgehead atoms. The maximum atomic E-state index is 11.9. The number of amides is 2. The van der Waals surface area contributed by atoms with Crippen LogP contribution in [0, 0.1) is 6.92 Å². The lowest BCUT2D eigenvalue weighted by Crippen LogP contribution is -2.31. The molecule has 6 heteroatoms. The van der Waals surface area contributed by atoms with Gasteiger partial charge in [0.15, 0.2) is 5.82 Å². The number of phenolic OH excluding ortho intramolecular Hbond substituents is 1. The third-order valence-electron chi connectivity index (χ3n) is 2.40. The minimum atomic E-state index is -0.339. The number of nitrogens with one attached hydrogen (secondary N) is 1. The molecule has 0 spiro atoms. The van der Waals surface area contributed by atoms with Gasteiger partial charge in [-0.25, -0.2) is 4.79 Å². The first kappa shape index (κ1) is 12.0. The van der Waals surface area contributed by atoms with Gasteiger partial charge in [0.1, 0.15) is 11.5 Å². The second-order valence-electron chi connectivity index (χ2n) is 3.83. The first-order valence-corrected chi connectivity index (χ1v) is 5.33. The van der Waals surface area contributed by atoms with Crippen molar-refractivity contribution in [2.45, 2.75) is 6.92 Å². The minimum absolute atomic E-state index is 0.152. The molecule has 0 fully saturated rings. The van der Waals surface area contributed by atoms with E-state index in [4.69, 9.17) is 4.52 Å². The maximum Gasteiger partial charge on any atom is 0.327 e. The van der Waals surface area contributed by atoms with E-state index in [1.165, 1.54) is 17.0 Å². The molecule has 2 amide bonds. The largest absolute Gasteiger partial charge is 0.508 e. The van der Waals surface area contributed by atoms with Gasteiger partial charge >= 0.3 is 6.03 Å².